The van der Waals surface area contributed by atoms with Gasteiger partial charge in [0.2, 0.25) is 0 Å². The van der Waals surface area contributed by atoms with Gasteiger partial charge < -0.3 is 10.2 Å². The van der Waals surface area contributed by atoms with E-state index in [4.69, 9.17) is 0 Å². The molecule has 1 unspecified atom stereocenters. The van der Waals surface area contributed by atoms with E-state index >= 15 is 0 Å². The van der Waals surface area contributed by atoms with E-state index in [1.165, 1.54) is 56.6 Å². The first-order valence-electron chi connectivity index (χ1n) is 7.92. The van der Waals surface area contributed by atoms with E-state index in [0.717, 1.165) is 18.4 Å². The third-order valence-corrected chi connectivity index (χ3v) is 4.44. The van der Waals surface area contributed by atoms with Gasteiger partial charge in [-0.15, -0.1) is 0 Å². The molecule has 0 radical (unpaired) electrons. The first-order chi connectivity index (χ1) is 9.36. The second kappa shape index (κ2) is 5.96. The van der Waals surface area contributed by atoms with E-state index in [1.54, 1.807) is 0 Å². The summed E-state index contributed by atoms with van der Waals surface area (Å²) in [4.78, 5) is 2.71. The number of anilines is 1. The normalized spacial score (nSPS) is 22.1. The number of hydrogen-bond acceptors (Lipinski definition) is 2. The number of hydrogen-bond donors (Lipinski definition) is 1. The summed E-state index contributed by atoms with van der Waals surface area (Å²) in [6.45, 7) is 7.28. The molecule has 1 aliphatic carbocycles. The standard InChI is InChI=1S/C17H26N2/c1-2-11-19(12-14-7-8-14)13-15-9-10-18-17-6-4-3-5-16(15)17/h3-6,14-15,18H,2,7-13H2,1H3. The van der Waals surface area contributed by atoms with Crippen LogP contribution >= 0.6 is 0 Å². The molecule has 0 amide bonds. The molecule has 2 heteroatoms. The lowest BCUT2D eigenvalue weighted by Crippen LogP contribution is -2.33. The Bertz CT molecular complexity index is 411. The molecule has 1 N–H and O–H groups in total. The van der Waals surface area contributed by atoms with Gasteiger partial charge in [-0.3, -0.25) is 0 Å². The van der Waals surface area contributed by atoms with E-state index < -0.39 is 0 Å². The first-order valence-corrected chi connectivity index (χ1v) is 7.92. The quantitative estimate of drug-likeness (QED) is 0.837. The van der Waals surface area contributed by atoms with Gasteiger partial charge in [-0.05, 0) is 49.8 Å². The highest BCUT2D eigenvalue weighted by molar-refractivity contribution is 5.54. The average molecular weight is 258 g/mol. The molecule has 2 aliphatic rings. The topological polar surface area (TPSA) is 15.3 Å². The molecular formula is C17H26N2. The van der Waals surface area contributed by atoms with Gasteiger partial charge in [0.15, 0.2) is 0 Å². The Kier molecular flexibility index (Phi) is 4.07. The highest BCUT2D eigenvalue weighted by Crippen LogP contribution is 2.34. The van der Waals surface area contributed by atoms with Crippen LogP contribution in [0.15, 0.2) is 24.3 Å². The summed E-state index contributed by atoms with van der Waals surface area (Å²) < 4.78 is 0. The molecular weight excluding hydrogens is 232 g/mol. The lowest BCUT2D eigenvalue weighted by Gasteiger charge is -2.32. The van der Waals surface area contributed by atoms with Crippen molar-refractivity contribution in [2.45, 2.75) is 38.5 Å². The van der Waals surface area contributed by atoms with Crippen LogP contribution in [0.1, 0.15) is 44.1 Å². The molecule has 0 saturated heterocycles. The zero-order valence-electron chi connectivity index (χ0n) is 12.1. The van der Waals surface area contributed by atoms with Crippen LogP contribution in [0.5, 0.6) is 0 Å². The lowest BCUT2D eigenvalue weighted by molar-refractivity contribution is 0.243. The maximum atomic E-state index is 3.53. The van der Waals surface area contributed by atoms with Crippen LogP contribution in [0.4, 0.5) is 5.69 Å². The van der Waals surface area contributed by atoms with Crippen LogP contribution in [0.2, 0.25) is 0 Å². The Morgan fingerprint density at radius 2 is 2.00 bits per heavy atom. The average Bonchev–Trinajstić information content (AvgIpc) is 3.23. The molecule has 1 aromatic carbocycles. The van der Waals surface area contributed by atoms with Crippen LogP contribution in [-0.4, -0.2) is 31.1 Å². The number of rotatable bonds is 6. The van der Waals surface area contributed by atoms with Gasteiger partial charge in [-0.2, -0.15) is 0 Å². The minimum atomic E-state index is 0.725. The monoisotopic (exact) mass is 258 g/mol. The SMILES string of the molecule is CCCN(CC1CC1)CC1CCNc2ccccc21. The van der Waals surface area contributed by atoms with Crippen LogP contribution in [0, 0.1) is 5.92 Å². The third kappa shape index (κ3) is 3.30. The predicted octanol–water partition coefficient (Wildman–Crippen LogP) is 3.71. The number of fused-ring (bicyclic) bond motifs is 1. The largest absolute Gasteiger partial charge is 0.385 e. The molecule has 1 aliphatic heterocycles. The summed E-state index contributed by atoms with van der Waals surface area (Å²) in [5.41, 5.74) is 2.90. The van der Waals surface area contributed by atoms with Crippen molar-refractivity contribution < 1.29 is 0 Å². The summed E-state index contributed by atoms with van der Waals surface area (Å²) in [7, 11) is 0. The fraction of sp³-hybridized carbons (Fsp3) is 0.647. The molecule has 1 saturated carbocycles. The van der Waals surface area contributed by atoms with Crippen molar-refractivity contribution in [3.8, 4) is 0 Å². The Labute approximate surface area is 117 Å². The number of nitrogens with one attached hydrogen (secondary N) is 1. The first kappa shape index (κ1) is 13.0. The van der Waals surface area contributed by atoms with Crippen molar-refractivity contribution in [2.75, 3.05) is 31.5 Å². The molecule has 3 rings (SSSR count). The molecule has 1 atom stereocenters. The Balaban J connectivity index is 1.67. The van der Waals surface area contributed by atoms with Crippen LogP contribution in [0.25, 0.3) is 0 Å². The third-order valence-electron chi connectivity index (χ3n) is 4.44. The van der Waals surface area contributed by atoms with E-state index in [9.17, 15) is 0 Å². The van der Waals surface area contributed by atoms with E-state index in [2.05, 4.69) is 41.4 Å². The fourth-order valence-electron chi connectivity index (χ4n) is 3.29. The van der Waals surface area contributed by atoms with Gasteiger partial charge >= 0.3 is 0 Å². The molecule has 19 heavy (non-hydrogen) atoms. The Morgan fingerprint density at radius 1 is 1.16 bits per heavy atom. The number of benzene rings is 1. The molecule has 1 fully saturated rings. The van der Waals surface area contributed by atoms with Crippen molar-refractivity contribution in [3.63, 3.8) is 0 Å². The number of nitrogens with zero attached hydrogens (tertiary/aromatic N) is 1. The van der Waals surface area contributed by atoms with E-state index in [1.807, 2.05) is 0 Å². The molecule has 0 aromatic heterocycles. The molecule has 0 spiro atoms. The minimum Gasteiger partial charge on any atom is -0.385 e. The van der Waals surface area contributed by atoms with Crippen LogP contribution < -0.4 is 5.32 Å². The summed E-state index contributed by atoms with van der Waals surface area (Å²) in [5, 5.41) is 3.53. The molecule has 1 aromatic rings. The Hall–Kier alpha value is -1.02. The van der Waals surface area contributed by atoms with Gasteiger partial charge in [0.05, 0.1) is 0 Å². The van der Waals surface area contributed by atoms with Gasteiger partial charge in [0.25, 0.3) is 0 Å². The summed E-state index contributed by atoms with van der Waals surface area (Å²) in [6, 6.07) is 8.87. The Morgan fingerprint density at radius 3 is 2.79 bits per heavy atom. The summed E-state index contributed by atoms with van der Waals surface area (Å²) >= 11 is 0. The highest BCUT2D eigenvalue weighted by Gasteiger charge is 2.27. The fourth-order valence-corrected chi connectivity index (χ4v) is 3.29. The van der Waals surface area contributed by atoms with Crippen LogP contribution in [0.3, 0.4) is 0 Å². The van der Waals surface area contributed by atoms with Crippen molar-refractivity contribution in [1.82, 2.24) is 4.90 Å². The van der Waals surface area contributed by atoms with Gasteiger partial charge in [-0.1, -0.05) is 25.1 Å². The van der Waals surface area contributed by atoms with Crippen molar-refractivity contribution in [2.24, 2.45) is 5.92 Å². The van der Waals surface area contributed by atoms with Crippen molar-refractivity contribution in [1.29, 1.82) is 0 Å². The minimum absolute atomic E-state index is 0.725. The molecule has 1 heterocycles. The van der Waals surface area contributed by atoms with Gasteiger partial charge in [0.1, 0.15) is 0 Å². The second-order valence-electron chi connectivity index (χ2n) is 6.20. The predicted molar refractivity (Wildman–Crippen MR) is 81.7 cm³/mol. The molecule has 0 bridgehead atoms. The van der Waals surface area contributed by atoms with Gasteiger partial charge in [0, 0.05) is 31.2 Å². The van der Waals surface area contributed by atoms with Gasteiger partial charge in [-0.25, -0.2) is 0 Å². The van der Waals surface area contributed by atoms with Crippen LogP contribution in [-0.2, 0) is 0 Å². The maximum Gasteiger partial charge on any atom is 0.0376 e. The molecule has 2 nitrogen and oxygen atoms in total. The van der Waals surface area contributed by atoms with Crippen molar-refractivity contribution >= 4 is 5.69 Å². The van der Waals surface area contributed by atoms with Crippen molar-refractivity contribution in [3.05, 3.63) is 29.8 Å². The highest BCUT2D eigenvalue weighted by atomic mass is 15.1. The second-order valence-corrected chi connectivity index (χ2v) is 6.20. The zero-order valence-corrected chi connectivity index (χ0v) is 12.1. The van der Waals surface area contributed by atoms with E-state index in [0.29, 0.717) is 0 Å². The smallest absolute Gasteiger partial charge is 0.0376 e. The van der Waals surface area contributed by atoms with E-state index in [-0.39, 0.29) is 0 Å². The zero-order chi connectivity index (χ0) is 13.1. The summed E-state index contributed by atoms with van der Waals surface area (Å²) in [5.74, 6) is 1.73. The number of para-hydroxylation sites is 1. The summed E-state index contributed by atoms with van der Waals surface area (Å²) in [6.07, 6.45) is 5.48. The lowest BCUT2D eigenvalue weighted by atomic mass is 9.90. The maximum absolute atomic E-state index is 3.53. The molecule has 104 valence electrons.